The van der Waals surface area contributed by atoms with E-state index in [1.807, 2.05) is 11.3 Å². The zero-order valence-corrected chi connectivity index (χ0v) is 10.9. The van der Waals surface area contributed by atoms with E-state index in [1.54, 1.807) is 0 Å². The highest BCUT2D eigenvalue weighted by Gasteiger charge is 2.03. The average molecular weight is 223 g/mol. The Balaban J connectivity index is 2.63. The van der Waals surface area contributed by atoms with E-state index in [-0.39, 0.29) is 0 Å². The largest absolute Gasteiger partial charge is 0.311 e. The smallest absolute Gasteiger partial charge is 0.0299 e. The Labute approximate surface area is 97.2 Å². The Bertz CT molecular complexity index is 325. The molecule has 1 aromatic rings. The van der Waals surface area contributed by atoms with Crippen molar-refractivity contribution in [3.8, 4) is 0 Å². The van der Waals surface area contributed by atoms with E-state index < -0.39 is 0 Å². The second-order valence-corrected chi connectivity index (χ2v) is 4.98. The maximum atomic E-state index is 3.50. The number of hydrogen-bond donors (Lipinski definition) is 1. The zero-order valence-electron chi connectivity index (χ0n) is 10.1. The summed E-state index contributed by atoms with van der Waals surface area (Å²) in [6.45, 7) is 9.88. The second kappa shape index (κ2) is 6.09. The third-order valence-corrected chi connectivity index (χ3v) is 3.61. The third-order valence-electron chi connectivity index (χ3n) is 2.64. The van der Waals surface area contributed by atoms with Gasteiger partial charge in [0.25, 0.3) is 0 Å². The van der Waals surface area contributed by atoms with Crippen LogP contribution in [-0.4, -0.2) is 12.6 Å². The first-order valence-corrected chi connectivity index (χ1v) is 6.48. The maximum absolute atomic E-state index is 3.50. The van der Waals surface area contributed by atoms with E-state index in [0.29, 0.717) is 6.04 Å². The van der Waals surface area contributed by atoms with Crippen LogP contribution in [0.5, 0.6) is 0 Å². The lowest BCUT2D eigenvalue weighted by atomic mass is 10.1. The molecule has 1 aromatic heterocycles. The van der Waals surface area contributed by atoms with Gasteiger partial charge in [-0.2, -0.15) is 0 Å². The number of rotatable bonds is 5. The number of aryl methyl sites for hydroxylation is 1. The van der Waals surface area contributed by atoms with E-state index in [1.165, 1.54) is 22.4 Å². The van der Waals surface area contributed by atoms with Gasteiger partial charge in [-0.25, -0.2) is 0 Å². The van der Waals surface area contributed by atoms with Crippen LogP contribution in [0.25, 0.3) is 6.08 Å². The Morgan fingerprint density at radius 2 is 2.33 bits per heavy atom. The Hall–Kier alpha value is -0.600. The van der Waals surface area contributed by atoms with E-state index >= 15 is 0 Å². The van der Waals surface area contributed by atoms with Crippen molar-refractivity contribution in [3.05, 3.63) is 27.5 Å². The molecule has 0 aliphatic heterocycles. The third kappa shape index (κ3) is 3.80. The molecule has 2 heteroatoms. The molecule has 84 valence electrons. The standard InChI is InChI=1S/C13H21NS/c1-5-7-14-12(4)11(3)9-13-10(2)6-8-15-13/h6,8-9,12,14H,5,7H2,1-4H3/b11-9+. The summed E-state index contributed by atoms with van der Waals surface area (Å²) in [5.41, 5.74) is 2.79. The number of hydrogen-bond acceptors (Lipinski definition) is 2. The van der Waals surface area contributed by atoms with Crippen LogP contribution in [0, 0.1) is 6.92 Å². The van der Waals surface area contributed by atoms with E-state index in [0.717, 1.165) is 6.54 Å². The fraction of sp³-hybridized carbons (Fsp3) is 0.538. The first kappa shape index (κ1) is 12.5. The Morgan fingerprint density at radius 3 is 2.87 bits per heavy atom. The van der Waals surface area contributed by atoms with Crippen LogP contribution >= 0.6 is 11.3 Å². The molecule has 1 unspecified atom stereocenters. The van der Waals surface area contributed by atoms with Crippen LogP contribution in [0.15, 0.2) is 17.0 Å². The van der Waals surface area contributed by atoms with E-state index in [2.05, 4.69) is 50.5 Å². The predicted molar refractivity (Wildman–Crippen MR) is 70.5 cm³/mol. The highest BCUT2D eigenvalue weighted by molar-refractivity contribution is 7.11. The molecule has 0 fully saturated rings. The summed E-state index contributed by atoms with van der Waals surface area (Å²) in [4.78, 5) is 1.39. The summed E-state index contributed by atoms with van der Waals surface area (Å²) < 4.78 is 0. The molecule has 0 saturated heterocycles. The molecule has 1 heterocycles. The van der Waals surface area contributed by atoms with Crippen molar-refractivity contribution in [2.45, 2.75) is 40.2 Å². The molecule has 1 atom stereocenters. The van der Waals surface area contributed by atoms with E-state index in [9.17, 15) is 0 Å². The van der Waals surface area contributed by atoms with Gasteiger partial charge in [0, 0.05) is 10.9 Å². The Morgan fingerprint density at radius 1 is 1.60 bits per heavy atom. The molecule has 0 aliphatic carbocycles. The van der Waals surface area contributed by atoms with Crippen LogP contribution < -0.4 is 5.32 Å². The molecule has 1 N–H and O–H groups in total. The van der Waals surface area contributed by atoms with Crippen LogP contribution in [0.4, 0.5) is 0 Å². The van der Waals surface area contributed by atoms with Gasteiger partial charge in [0.1, 0.15) is 0 Å². The van der Waals surface area contributed by atoms with Crippen LogP contribution in [0.3, 0.4) is 0 Å². The fourth-order valence-corrected chi connectivity index (χ4v) is 2.31. The van der Waals surface area contributed by atoms with Gasteiger partial charge in [0.15, 0.2) is 0 Å². The number of nitrogens with one attached hydrogen (secondary N) is 1. The topological polar surface area (TPSA) is 12.0 Å². The van der Waals surface area contributed by atoms with E-state index in [4.69, 9.17) is 0 Å². The molecule has 1 rings (SSSR count). The average Bonchev–Trinajstić information content (AvgIpc) is 2.61. The lowest BCUT2D eigenvalue weighted by Gasteiger charge is -2.13. The van der Waals surface area contributed by atoms with Crippen molar-refractivity contribution >= 4 is 17.4 Å². The molecule has 0 spiro atoms. The zero-order chi connectivity index (χ0) is 11.3. The van der Waals surface area contributed by atoms with Crippen molar-refractivity contribution in [1.29, 1.82) is 0 Å². The molecule has 15 heavy (non-hydrogen) atoms. The minimum Gasteiger partial charge on any atom is -0.311 e. The molecule has 0 saturated carbocycles. The SMILES string of the molecule is CCCNC(C)/C(C)=C/c1sccc1C. The lowest BCUT2D eigenvalue weighted by Crippen LogP contribution is -2.27. The van der Waals surface area contributed by atoms with Gasteiger partial charge in [0.2, 0.25) is 0 Å². The minimum absolute atomic E-state index is 0.478. The van der Waals surface area contributed by atoms with Crippen molar-refractivity contribution in [2.24, 2.45) is 0 Å². The van der Waals surface area contributed by atoms with Crippen molar-refractivity contribution in [1.82, 2.24) is 5.32 Å². The van der Waals surface area contributed by atoms with Gasteiger partial charge in [-0.3, -0.25) is 0 Å². The molecule has 0 aromatic carbocycles. The summed E-state index contributed by atoms with van der Waals surface area (Å²) in [6, 6.07) is 2.65. The van der Waals surface area contributed by atoms with Gasteiger partial charge in [-0.05, 0) is 56.8 Å². The van der Waals surface area contributed by atoms with Crippen LogP contribution in [0.2, 0.25) is 0 Å². The fourth-order valence-electron chi connectivity index (χ4n) is 1.39. The maximum Gasteiger partial charge on any atom is 0.0299 e. The molecular formula is C13H21NS. The van der Waals surface area contributed by atoms with Gasteiger partial charge < -0.3 is 5.32 Å². The summed E-state index contributed by atoms with van der Waals surface area (Å²) >= 11 is 1.81. The van der Waals surface area contributed by atoms with Crippen molar-refractivity contribution < 1.29 is 0 Å². The van der Waals surface area contributed by atoms with Crippen LogP contribution in [-0.2, 0) is 0 Å². The summed E-state index contributed by atoms with van der Waals surface area (Å²) in [5, 5.41) is 5.65. The monoisotopic (exact) mass is 223 g/mol. The van der Waals surface area contributed by atoms with Gasteiger partial charge in [-0.15, -0.1) is 11.3 Å². The summed E-state index contributed by atoms with van der Waals surface area (Å²) in [6.07, 6.45) is 3.49. The minimum atomic E-state index is 0.478. The Kier molecular flexibility index (Phi) is 5.06. The second-order valence-electron chi connectivity index (χ2n) is 4.03. The summed E-state index contributed by atoms with van der Waals surface area (Å²) in [5.74, 6) is 0. The molecule has 0 aliphatic rings. The normalized spacial score (nSPS) is 14.3. The highest BCUT2D eigenvalue weighted by atomic mass is 32.1. The van der Waals surface area contributed by atoms with Crippen molar-refractivity contribution in [2.75, 3.05) is 6.54 Å². The van der Waals surface area contributed by atoms with Crippen molar-refractivity contribution in [3.63, 3.8) is 0 Å². The molecular weight excluding hydrogens is 202 g/mol. The lowest BCUT2D eigenvalue weighted by molar-refractivity contribution is 0.604. The molecule has 0 bridgehead atoms. The van der Waals surface area contributed by atoms with Gasteiger partial charge >= 0.3 is 0 Å². The summed E-state index contributed by atoms with van der Waals surface area (Å²) in [7, 11) is 0. The number of thiophene rings is 1. The molecule has 1 nitrogen and oxygen atoms in total. The predicted octanol–water partition coefficient (Wildman–Crippen LogP) is 3.85. The van der Waals surface area contributed by atoms with Gasteiger partial charge in [-0.1, -0.05) is 12.5 Å². The van der Waals surface area contributed by atoms with Gasteiger partial charge in [0.05, 0.1) is 0 Å². The first-order valence-electron chi connectivity index (χ1n) is 5.60. The first-order chi connectivity index (χ1) is 7.15. The molecule has 0 amide bonds. The quantitative estimate of drug-likeness (QED) is 0.799. The van der Waals surface area contributed by atoms with Crippen LogP contribution in [0.1, 0.15) is 37.6 Å². The molecule has 0 radical (unpaired) electrons. The highest BCUT2D eigenvalue weighted by Crippen LogP contribution is 2.19.